The van der Waals surface area contributed by atoms with Crippen molar-refractivity contribution >= 4 is 11.9 Å². The molecular formula is C9H12N2O. The third-order valence-electron chi connectivity index (χ3n) is 1.54. The van der Waals surface area contributed by atoms with Gasteiger partial charge in [-0.2, -0.15) is 0 Å². The molecule has 0 bridgehead atoms. The van der Waals surface area contributed by atoms with Crippen molar-refractivity contribution < 1.29 is 5.11 Å². The predicted octanol–water partition coefficient (Wildman–Crippen LogP) is 0.978. The molecule has 3 heteroatoms. The second-order valence-corrected chi connectivity index (χ2v) is 2.52. The van der Waals surface area contributed by atoms with E-state index >= 15 is 0 Å². The van der Waals surface area contributed by atoms with Crippen LogP contribution in [0.2, 0.25) is 0 Å². The third kappa shape index (κ3) is 2.07. The molecule has 0 aromatic carbocycles. The van der Waals surface area contributed by atoms with Gasteiger partial charge in [0.15, 0.2) is 0 Å². The van der Waals surface area contributed by atoms with E-state index in [1.807, 2.05) is 13.0 Å². The summed E-state index contributed by atoms with van der Waals surface area (Å²) in [6, 6.07) is 3.66. The van der Waals surface area contributed by atoms with Gasteiger partial charge in [-0.25, -0.2) is 4.98 Å². The van der Waals surface area contributed by atoms with Crippen LogP contribution < -0.4 is 5.73 Å². The molecule has 1 aromatic heterocycles. The van der Waals surface area contributed by atoms with Crippen molar-refractivity contribution in [2.24, 2.45) is 0 Å². The maximum atomic E-state index is 8.54. The zero-order valence-electron chi connectivity index (χ0n) is 6.99. The molecule has 3 N–H and O–H groups in total. The molecule has 64 valence electrons. The molecule has 0 saturated heterocycles. The van der Waals surface area contributed by atoms with Crippen LogP contribution in [0.15, 0.2) is 18.2 Å². The van der Waals surface area contributed by atoms with Gasteiger partial charge in [0.25, 0.3) is 0 Å². The molecule has 0 aliphatic heterocycles. The van der Waals surface area contributed by atoms with Crippen LogP contribution in [0.25, 0.3) is 6.08 Å². The molecule has 0 aliphatic carbocycles. The smallest absolute Gasteiger partial charge is 0.124 e. The van der Waals surface area contributed by atoms with Gasteiger partial charge in [-0.15, -0.1) is 0 Å². The zero-order valence-corrected chi connectivity index (χ0v) is 6.99. The van der Waals surface area contributed by atoms with Gasteiger partial charge in [0.1, 0.15) is 5.82 Å². The summed E-state index contributed by atoms with van der Waals surface area (Å²) >= 11 is 0. The molecule has 1 rings (SSSR count). The lowest BCUT2D eigenvalue weighted by Crippen LogP contribution is -1.93. The minimum atomic E-state index is 0.0237. The van der Waals surface area contributed by atoms with Gasteiger partial charge in [0.05, 0.1) is 12.3 Å². The first-order valence-electron chi connectivity index (χ1n) is 3.74. The molecule has 0 amide bonds. The topological polar surface area (TPSA) is 59.1 Å². The minimum Gasteiger partial charge on any atom is -0.392 e. The highest BCUT2D eigenvalue weighted by Crippen LogP contribution is 2.08. The summed E-state index contributed by atoms with van der Waals surface area (Å²) < 4.78 is 0. The number of aliphatic hydroxyl groups is 1. The van der Waals surface area contributed by atoms with Crippen LogP contribution in [-0.2, 0) is 0 Å². The molecule has 0 spiro atoms. The highest BCUT2D eigenvalue weighted by molar-refractivity contribution is 5.51. The van der Waals surface area contributed by atoms with Gasteiger partial charge in [-0.1, -0.05) is 12.1 Å². The van der Waals surface area contributed by atoms with Crippen LogP contribution in [0.4, 0.5) is 5.82 Å². The zero-order chi connectivity index (χ0) is 8.97. The van der Waals surface area contributed by atoms with Crippen LogP contribution in [-0.4, -0.2) is 16.7 Å². The molecule has 1 heterocycles. The van der Waals surface area contributed by atoms with E-state index in [0.717, 1.165) is 11.3 Å². The van der Waals surface area contributed by atoms with Crippen LogP contribution in [0.1, 0.15) is 11.3 Å². The Hall–Kier alpha value is -1.35. The summed E-state index contributed by atoms with van der Waals surface area (Å²) in [5.41, 5.74) is 7.35. The molecule has 12 heavy (non-hydrogen) atoms. The first kappa shape index (κ1) is 8.74. The van der Waals surface area contributed by atoms with Crippen LogP contribution in [0.5, 0.6) is 0 Å². The molecule has 0 saturated carbocycles. The largest absolute Gasteiger partial charge is 0.392 e. The van der Waals surface area contributed by atoms with Gasteiger partial charge in [-0.3, -0.25) is 0 Å². The molecular weight excluding hydrogens is 152 g/mol. The number of hydrogen-bond acceptors (Lipinski definition) is 3. The van der Waals surface area contributed by atoms with E-state index in [1.54, 1.807) is 18.2 Å². The van der Waals surface area contributed by atoms with Crippen molar-refractivity contribution in [1.82, 2.24) is 4.98 Å². The summed E-state index contributed by atoms with van der Waals surface area (Å²) in [6.45, 7) is 1.97. The van der Waals surface area contributed by atoms with Crippen molar-refractivity contribution in [3.8, 4) is 0 Å². The van der Waals surface area contributed by atoms with Gasteiger partial charge < -0.3 is 10.8 Å². The van der Waals surface area contributed by atoms with Crippen LogP contribution >= 0.6 is 0 Å². The number of hydrogen-bond donors (Lipinski definition) is 2. The molecule has 0 radical (unpaired) electrons. The van der Waals surface area contributed by atoms with E-state index in [-0.39, 0.29) is 6.61 Å². The second kappa shape index (κ2) is 3.88. The average Bonchev–Trinajstić information content (AvgIpc) is 2.07. The second-order valence-electron chi connectivity index (χ2n) is 2.52. The van der Waals surface area contributed by atoms with E-state index in [4.69, 9.17) is 10.8 Å². The molecule has 1 aromatic rings. The number of nitrogens with two attached hydrogens (primary N) is 1. The van der Waals surface area contributed by atoms with Crippen molar-refractivity contribution in [2.45, 2.75) is 6.92 Å². The Morgan fingerprint density at radius 3 is 3.00 bits per heavy atom. The summed E-state index contributed by atoms with van der Waals surface area (Å²) in [5, 5.41) is 8.54. The predicted molar refractivity (Wildman–Crippen MR) is 49.5 cm³/mol. The van der Waals surface area contributed by atoms with Gasteiger partial charge in [-0.05, 0) is 24.6 Å². The molecule has 0 fully saturated rings. The Bertz CT molecular complexity index is 295. The van der Waals surface area contributed by atoms with E-state index in [0.29, 0.717) is 5.82 Å². The highest BCUT2D eigenvalue weighted by atomic mass is 16.2. The lowest BCUT2D eigenvalue weighted by atomic mass is 10.2. The fourth-order valence-corrected chi connectivity index (χ4v) is 0.893. The number of nitrogen functional groups attached to an aromatic ring is 1. The lowest BCUT2D eigenvalue weighted by Gasteiger charge is -1.99. The number of nitrogens with zero attached hydrogens (tertiary/aromatic N) is 1. The Morgan fingerprint density at radius 2 is 2.33 bits per heavy atom. The standard InChI is InChI=1S/C9H12N2O/c1-7-4-5-9(10)11-8(7)3-2-6-12/h2-5,12H,6H2,1H3,(H2,10,11). The summed E-state index contributed by atoms with van der Waals surface area (Å²) in [5.74, 6) is 0.498. The summed E-state index contributed by atoms with van der Waals surface area (Å²) in [7, 11) is 0. The lowest BCUT2D eigenvalue weighted by molar-refractivity contribution is 0.343. The number of aliphatic hydroxyl groups excluding tert-OH is 1. The van der Waals surface area contributed by atoms with Crippen LogP contribution in [0.3, 0.4) is 0 Å². The maximum absolute atomic E-state index is 8.54. The Labute approximate surface area is 71.6 Å². The fraction of sp³-hybridized carbons (Fsp3) is 0.222. The Morgan fingerprint density at radius 1 is 1.58 bits per heavy atom. The fourth-order valence-electron chi connectivity index (χ4n) is 0.893. The summed E-state index contributed by atoms with van der Waals surface area (Å²) in [6.07, 6.45) is 3.39. The third-order valence-corrected chi connectivity index (χ3v) is 1.54. The SMILES string of the molecule is Cc1ccc(N)nc1C=CCO. The first-order valence-corrected chi connectivity index (χ1v) is 3.74. The quantitative estimate of drug-likeness (QED) is 0.685. The van der Waals surface area contributed by atoms with Gasteiger partial charge in [0.2, 0.25) is 0 Å². The van der Waals surface area contributed by atoms with E-state index < -0.39 is 0 Å². The first-order chi connectivity index (χ1) is 5.74. The average molecular weight is 164 g/mol. The van der Waals surface area contributed by atoms with Crippen LogP contribution in [0, 0.1) is 6.92 Å². The van der Waals surface area contributed by atoms with Crippen molar-refractivity contribution in [3.63, 3.8) is 0 Å². The normalized spacial score (nSPS) is 10.8. The molecule has 0 unspecified atom stereocenters. The number of aryl methyl sites for hydroxylation is 1. The molecule has 3 nitrogen and oxygen atoms in total. The highest BCUT2D eigenvalue weighted by Gasteiger charge is 1.94. The number of rotatable bonds is 2. The number of aromatic nitrogens is 1. The summed E-state index contributed by atoms with van der Waals surface area (Å²) in [4.78, 5) is 4.09. The van der Waals surface area contributed by atoms with Crippen molar-refractivity contribution in [3.05, 3.63) is 29.5 Å². The van der Waals surface area contributed by atoms with Crippen molar-refractivity contribution in [2.75, 3.05) is 12.3 Å². The molecule has 0 aliphatic rings. The van der Waals surface area contributed by atoms with Gasteiger partial charge in [0, 0.05) is 0 Å². The Balaban J connectivity index is 2.97. The Kier molecular flexibility index (Phi) is 2.82. The number of pyridine rings is 1. The number of anilines is 1. The monoisotopic (exact) mass is 164 g/mol. The van der Waals surface area contributed by atoms with E-state index in [9.17, 15) is 0 Å². The van der Waals surface area contributed by atoms with E-state index in [2.05, 4.69) is 4.98 Å². The maximum Gasteiger partial charge on any atom is 0.124 e. The van der Waals surface area contributed by atoms with Gasteiger partial charge >= 0.3 is 0 Å². The molecule has 0 atom stereocenters. The van der Waals surface area contributed by atoms with Crippen molar-refractivity contribution in [1.29, 1.82) is 0 Å². The van der Waals surface area contributed by atoms with E-state index in [1.165, 1.54) is 0 Å². The minimum absolute atomic E-state index is 0.0237.